The molecule has 9 heteroatoms. The van der Waals surface area contributed by atoms with Crippen molar-refractivity contribution in [1.29, 1.82) is 0 Å². The molecule has 2 atom stereocenters. The fraction of sp³-hybridized carbons (Fsp3) is 0.300. The first kappa shape index (κ1) is 20.4. The number of carbonyl (C=O) groups is 1. The number of halogens is 2. The zero-order valence-electron chi connectivity index (χ0n) is 15.5. The lowest BCUT2D eigenvalue weighted by Crippen LogP contribution is -2.37. The third-order valence-corrected chi connectivity index (χ3v) is 8.44. The summed E-state index contributed by atoms with van der Waals surface area (Å²) in [6.07, 6.45) is 0.149. The Morgan fingerprint density at radius 1 is 1.24 bits per heavy atom. The molecule has 0 N–H and O–H groups in total. The van der Waals surface area contributed by atoms with Crippen molar-refractivity contribution in [2.45, 2.75) is 24.6 Å². The van der Waals surface area contributed by atoms with E-state index < -0.39 is 15.7 Å². The highest BCUT2D eigenvalue weighted by atomic mass is 35.5. The number of fused-ring (bicyclic) bond motifs is 1. The summed E-state index contributed by atoms with van der Waals surface area (Å²) in [6.45, 7) is 1.97. The van der Waals surface area contributed by atoms with Crippen LogP contribution in [0.15, 0.2) is 47.5 Å². The maximum Gasteiger partial charge on any atom is 0.252 e. The van der Waals surface area contributed by atoms with E-state index in [1.54, 1.807) is 4.90 Å². The van der Waals surface area contributed by atoms with Crippen LogP contribution in [0.4, 0.5) is 10.1 Å². The normalized spacial score (nSPS) is 24.1. The number of benzene rings is 2. The molecule has 0 spiro atoms. The van der Waals surface area contributed by atoms with Gasteiger partial charge in [0.25, 0.3) is 5.91 Å². The van der Waals surface area contributed by atoms with Gasteiger partial charge in [0, 0.05) is 10.9 Å². The van der Waals surface area contributed by atoms with Crippen molar-refractivity contribution in [1.82, 2.24) is 0 Å². The van der Waals surface area contributed by atoms with E-state index in [4.69, 9.17) is 11.6 Å². The van der Waals surface area contributed by atoms with Crippen molar-refractivity contribution in [2.75, 3.05) is 16.4 Å². The van der Waals surface area contributed by atoms with E-state index in [1.165, 1.54) is 30.0 Å². The quantitative estimate of drug-likeness (QED) is 0.711. The number of nitrogens with zero attached hydrogens (tertiary/aromatic N) is 2. The molecule has 2 saturated heterocycles. The lowest BCUT2D eigenvalue weighted by molar-refractivity contribution is -0.117. The molecule has 2 aliphatic heterocycles. The van der Waals surface area contributed by atoms with Crippen molar-refractivity contribution in [3.63, 3.8) is 0 Å². The van der Waals surface area contributed by atoms with Gasteiger partial charge in [-0.3, -0.25) is 4.79 Å². The first-order valence-corrected chi connectivity index (χ1v) is 12.1. The van der Waals surface area contributed by atoms with Gasteiger partial charge < -0.3 is 4.90 Å². The molecule has 0 unspecified atom stereocenters. The van der Waals surface area contributed by atoms with Crippen LogP contribution in [0.5, 0.6) is 0 Å². The number of rotatable bonds is 3. The lowest BCUT2D eigenvalue weighted by atomic mass is 10.1. The van der Waals surface area contributed by atoms with Gasteiger partial charge in [0.1, 0.15) is 5.82 Å². The highest BCUT2D eigenvalue weighted by Gasteiger charge is 2.49. The number of hydrogen-bond donors (Lipinski definition) is 0. The molecule has 5 nitrogen and oxygen atoms in total. The van der Waals surface area contributed by atoms with E-state index in [0.717, 1.165) is 11.1 Å². The maximum absolute atomic E-state index is 13.6. The number of thioether (sulfide) groups is 1. The van der Waals surface area contributed by atoms with E-state index in [2.05, 4.69) is 4.99 Å². The SMILES string of the molecule is Cc1ccc(CC(=O)N=C2S[C@@H]3CS(=O)(=O)C[C@H]3N2c2ccc(F)c(Cl)c2)cc1. The third-order valence-electron chi connectivity index (χ3n) is 4.94. The van der Waals surface area contributed by atoms with Crippen molar-refractivity contribution in [3.8, 4) is 0 Å². The number of amides is 1. The van der Waals surface area contributed by atoms with Crippen LogP contribution >= 0.6 is 23.4 Å². The summed E-state index contributed by atoms with van der Waals surface area (Å²) in [4.78, 5) is 18.5. The summed E-state index contributed by atoms with van der Waals surface area (Å²) < 4.78 is 37.8. The Balaban J connectivity index is 1.65. The largest absolute Gasteiger partial charge is 0.316 e. The van der Waals surface area contributed by atoms with Crippen LogP contribution in [-0.4, -0.2) is 42.3 Å². The lowest BCUT2D eigenvalue weighted by Gasteiger charge is -2.24. The fourth-order valence-electron chi connectivity index (χ4n) is 3.53. The highest BCUT2D eigenvalue weighted by molar-refractivity contribution is 8.16. The van der Waals surface area contributed by atoms with Gasteiger partial charge in [0.05, 0.1) is 29.0 Å². The molecule has 0 aliphatic carbocycles. The molecule has 29 heavy (non-hydrogen) atoms. The number of aliphatic imine (C=N–C) groups is 1. The standard InChI is InChI=1S/C20H18ClFN2O3S2/c1-12-2-4-13(5-3-12)8-19(25)23-20-24(14-6-7-16(22)15(21)9-14)17-10-29(26,27)11-18(17)28-20/h2-7,9,17-18H,8,10-11H2,1H3/t17-,18-/m1/s1. The van der Waals surface area contributed by atoms with Crippen molar-refractivity contribution in [3.05, 3.63) is 64.4 Å². The molecule has 2 fully saturated rings. The number of amidine groups is 1. The molecule has 0 saturated carbocycles. The Hall–Kier alpha value is -1.90. The number of hydrogen-bond acceptors (Lipinski definition) is 4. The predicted molar refractivity (Wildman–Crippen MR) is 115 cm³/mol. The number of anilines is 1. The zero-order chi connectivity index (χ0) is 20.8. The van der Waals surface area contributed by atoms with Gasteiger partial charge in [-0.05, 0) is 30.7 Å². The number of sulfone groups is 1. The Labute approximate surface area is 177 Å². The Morgan fingerprint density at radius 2 is 1.97 bits per heavy atom. The van der Waals surface area contributed by atoms with Gasteiger partial charge in [-0.25, -0.2) is 12.8 Å². The molecule has 2 aromatic rings. The van der Waals surface area contributed by atoms with Crippen LogP contribution in [-0.2, 0) is 21.1 Å². The van der Waals surface area contributed by atoms with Crippen LogP contribution in [0, 0.1) is 12.7 Å². The summed E-state index contributed by atoms with van der Waals surface area (Å²) >= 11 is 7.21. The van der Waals surface area contributed by atoms with Gasteiger partial charge in [-0.1, -0.05) is 53.2 Å². The minimum absolute atomic E-state index is 0.0267. The summed E-state index contributed by atoms with van der Waals surface area (Å²) in [5.74, 6) is -0.895. The molecule has 152 valence electrons. The van der Waals surface area contributed by atoms with Gasteiger partial charge in [0.2, 0.25) is 0 Å². The first-order valence-electron chi connectivity index (χ1n) is 9.00. The Kier molecular flexibility index (Phi) is 5.44. The molecule has 2 aliphatic rings. The monoisotopic (exact) mass is 452 g/mol. The van der Waals surface area contributed by atoms with E-state index in [1.807, 2.05) is 31.2 Å². The maximum atomic E-state index is 13.6. The van der Waals surface area contributed by atoms with Crippen LogP contribution in [0.25, 0.3) is 0 Å². The fourth-order valence-corrected chi connectivity index (χ4v) is 7.63. The second kappa shape index (κ2) is 7.74. The summed E-state index contributed by atoms with van der Waals surface area (Å²) in [5, 5.41) is 0.131. The molecular weight excluding hydrogens is 435 g/mol. The minimum atomic E-state index is -3.18. The van der Waals surface area contributed by atoms with E-state index in [0.29, 0.717) is 10.9 Å². The van der Waals surface area contributed by atoms with Gasteiger partial charge in [0.15, 0.2) is 15.0 Å². The van der Waals surface area contributed by atoms with Gasteiger partial charge in [-0.2, -0.15) is 4.99 Å². The van der Waals surface area contributed by atoms with Gasteiger partial charge >= 0.3 is 0 Å². The van der Waals surface area contributed by atoms with Crippen molar-refractivity contribution < 1.29 is 17.6 Å². The van der Waals surface area contributed by atoms with Crippen molar-refractivity contribution in [2.24, 2.45) is 4.99 Å². The molecular formula is C20H18ClFN2O3S2. The average Bonchev–Trinajstić information content (AvgIpc) is 3.10. The summed E-state index contributed by atoms with van der Waals surface area (Å²) in [6, 6.07) is 11.5. The molecule has 0 bridgehead atoms. The molecule has 2 heterocycles. The third kappa shape index (κ3) is 4.34. The van der Waals surface area contributed by atoms with Gasteiger partial charge in [-0.15, -0.1) is 0 Å². The Bertz CT molecular complexity index is 1100. The van der Waals surface area contributed by atoms with E-state index in [9.17, 15) is 17.6 Å². The zero-order valence-corrected chi connectivity index (χ0v) is 17.9. The van der Waals surface area contributed by atoms with Crippen LogP contribution in [0.3, 0.4) is 0 Å². The Morgan fingerprint density at radius 3 is 2.66 bits per heavy atom. The molecule has 0 radical (unpaired) electrons. The highest BCUT2D eigenvalue weighted by Crippen LogP contribution is 2.41. The van der Waals surface area contributed by atoms with Crippen LogP contribution < -0.4 is 4.90 Å². The second-order valence-corrected chi connectivity index (χ2v) is 11.0. The topological polar surface area (TPSA) is 66.8 Å². The summed E-state index contributed by atoms with van der Waals surface area (Å²) in [5.41, 5.74) is 2.48. The van der Waals surface area contributed by atoms with E-state index >= 15 is 0 Å². The van der Waals surface area contributed by atoms with E-state index in [-0.39, 0.29) is 40.1 Å². The molecule has 0 aromatic heterocycles. The van der Waals surface area contributed by atoms with Crippen LogP contribution in [0.1, 0.15) is 11.1 Å². The van der Waals surface area contributed by atoms with Crippen molar-refractivity contribution >= 4 is 50.0 Å². The second-order valence-electron chi connectivity index (χ2n) is 7.22. The average molecular weight is 453 g/mol. The number of carbonyl (C=O) groups excluding carboxylic acids is 1. The van der Waals surface area contributed by atoms with Crippen LogP contribution in [0.2, 0.25) is 5.02 Å². The predicted octanol–water partition coefficient (Wildman–Crippen LogP) is 3.63. The summed E-state index contributed by atoms with van der Waals surface area (Å²) in [7, 11) is -3.18. The molecule has 1 amide bonds. The first-order chi connectivity index (χ1) is 13.7. The molecule has 4 rings (SSSR count). The number of aryl methyl sites for hydroxylation is 1. The molecule has 2 aromatic carbocycles. The smallest absolute Gasteiger partial charge is 0.252 e. The minimum Gasteiger partial charge on any atom is -0.316 e.